The fourth-order valence-electron chi connectivity index (χ4n) is 3.23. The molecule has 1 N–H and O–H groups in total. The van der Waals surface area contributed by atoms with E-state index < -0.39 is 0 Å². The molecule has 2 aliphatic rings. The maximum Gasteiger partial charge on any atom is 0.227 e. The van der Waals surface area contributed by atoms with E-state index in [1.807, 2.05) is 6.92 Å². The number of nitrogens with zero attached hydrogens (tertiary/aromatic N) is 3. The molecule has 0 saturated carbocycles. The van der Waals surface area contributed by atoms with Crippen LogP contribution in [0.2, 0.25) is 0 Å². The molecule has 2 atom stereocenters. The van der Waals surface area contributed by atoms with Crippen molar-refractivity contribution in [2.45, 2.75) is 51.1 Å². The second kappa shape index (κ2) is 5.36. The minimum absolute atomic E-state index is 0.674. The van der Waals surface area contributed by atoms with Gasteiger partial charge in [-0.05, 0) is 45.7 Å². The molecule has 5 nitrogen and oxygen atoms in total. The Bertz CT molecular complexity index is 392. The number of piperidine rings is 1. The van der Waals surface area contributed by atoms with Crippen molar-refractivity contribution in [1.29, 1.82) is 0 Å². The van der Waals surface area contributed by atoms with E-state index in [9.17, 15) is 0 Å². The third kappa shape index (κ3) is 2.72. The SMILES string of the molecule is Cc1noc(CCNC2CCN3CCCC3C2)n1. The van der Waals surface area contributed by atoms with Crippen molar-refractivity contribution in [2.24, 2.45) is 0 Å². The maximum atomic E-state index is 5.11. The quantitative estimate of drug-likeness (QED) is 0.868. The highest BCUT2D eigenvalue weighted by atomic mass is 16.5. The normalized spacial score (nSPS) is 28.5. The van der Waals surface area contributed by atoms with E-state index in [1.54, 1.807) is 0 Å². The Labute approximate surface area is 108 Å². The Balaban J connectivity index is 1.41. The highest BCUT2D eigenvalue weighted by molar-refractivity contribution is 4.90. The Morgan fingerprint density at radius 1 is 1.39 bits per heavy atom. The molecular weight excluding hydrogens is 228 g/mol. The third-order valence-corrected chi connectivity index (χ3v) is 4.16. The zero-order chi connectivity index (χ0) is 12.4. The van der Waals surface area contributed by atoms with Crippen LogP contribution in [0.4, 0.5) is 0 Å². The van der Waals surface area contributed by atoms with Gasteiger partial charge in [0.25, 0.3) is 0 Å². The number of aromatic nitrogens is 2. The van der Waals surface area contributed by atoms with E-state index in [2.05, 4.69) is 20.4 Å². The van der Waals surface area contributed by atoms with Gasteiger partial charge in [-0.15, -0.1) is 0 Å². The van der Waals surface area contributed by atoms with Crippen LogP contribution in [0.25, 0.3) is 0 Å². The van der Waals surface area contributed by atoms with Crippen LogP contribution >= 0.6 is 0 Å². The Morgan fingerprint density at radius 2 is 2.33 bits per heavy atom. The van der Waals surface area contributed by atoms with Crippen molar-refractivity contribution < 1.29 is 4.52 Å². The molecule has 0 spiro atoms. The number of hydrogen-bond acceptors (Lipinski definition) is 5. The second-order valence-corrected chi connectivity index (χ2v) is 5.49. The standard InChI is InChI=1S/C13H22N4O/c1-10-15-13(18-16-10)4-6-14-11-5-8-17-7-2-3-12(17)9-11/h11-12,14H,2-9H2,1H3. The molecule has 0 bridgehead atoms. The molecule has 1 aromatic rings. The minimum Gasteiger partial charge on any atom is -0.339 e. The smallest absolute Gasteiger partial charge is 0.227 e. The van der Waals surface area contributed by atoms with Gasteiger partial charge in [-0.2, -0.15) is 4.98 Å². The number of fused-ring (bicyclic) bond motifs is 1. The van der Waals surface area contributed by atoms with Gasteiger partial charge in [0, 0.05) is 25.0 Å². The summed E-state index contributed by atoms with van der Waals surface area (Å²) in [6, 6.07) is 1.51. The molecule has 1 aromatic heterocycles. The molecule has 3 rings (SSSR count). The minimum atomic E-state index is 0.674. The first kappa shape index (κ1) is 12.1. The molecule has 100 valence electrons. The van der Waals surface area contributed by atoms with Crippen LogP contribution in [0.3, 0.4) is 0 Å². The summed E-state index contributed by atoms with van der Waals surface area (Å²) in [5.41, 5.74) is 0. The van der Waals surface area contributed by atoms with Crippen molar-refractivity contribution in [3.63, 3.8) is 0 Å². The molecule has 2 fully saturated rings. The molecule has 3 heterocycles. The lowest BCUT2D eigenvalue weighted by molar-refractivity contribution is 0.167. The Hall–Kier alpha value is -0.940. The predicted molar refractivity (Wildman–Crippen MR) is 68.4 cm³/mol. The number of aryl methyl sites for hydroxylation is 1. The zero-order valence-electron chi connectivity index (χ0n) is 11.1. The van der Waals surface area contributed by atoms with E-state index in [0.29, 0.717) is 6.04 Å². The first-order valence-corrected chi connectivity index (χ1v) is 7.08. The lowest BCUT2D eigenvalue weighted by atomic mass is 9.97. The van der Waals surface area contributed by atoms with Gasteiger partial charge < -0.3 is 14.7 Å². The lowest BCUT2D eigenvalue weighted by Crippen LogP contribution is -2.46. The van der Waals surface area contributed by atoms with Crippen LogP contribution in [0, 0.1) is 6.92 Å². The van der Waals surface area contributed by atoms with Gasteiger partial charge in [0.05, 0.1) is 0 Å². The summed E-state index contributed by atoms with van der Waals surface area (Å²) >= 11 is 0. The van der Waals surface area contributed by atoms with Crippen molar-refractivity contribution >= 4 is 0 Å². The Kier molecular flexibility index (Phi) is 3.61. The lowest BCUT2D eigenvalue weighted by Gasteiger charge is -2.35. The monoisotopic (exact) mass is 250 g/mol. The van der Waals surface area contributed by atoms with Crippen molar-refractivity contribution in [3.05, 3.63) is 11.7 Å². The second-order valence-electron chi connectivity index (χ2n) is 5.49. The summed E-state index contributed by atoms with van der Waals surface area (Å²) in [6.07, 6.45) is 6.20. The molecule has 0 aliphatic carbocycles. The number of hydrogen-bond donors (Lipinski definition) is 1. The van der Waals surface area contributed by atoms with Crippen molar-refractivity contribution in [1.82, 2.24) is 20.4 Å². The summed E-state index contributed by atoms with van der Waals surface area (Å²) in [6.45, 7) is 5.38. The fourth-order valence-corrected chi connectivity index (χ4v) is 3.23. The largest absolute Gasteiger partial charge is 0.339 e. The van der Waals surface area contributed by atoms with E-state index in [-0.39, 0.29) is 0 Å². The van der Waals surface area contributed by atoms with Crippen LogP contribution in [0.1, 0.15) is 37.4 Å². The summed E-state index contributed by atoms with van der Waals surface area (Å²) in [5.74, 6) is 1.47. The first-order valence-electron chi connectivity index (χ1n) is 7.08. The van der Waals surface area contributed by atoms with Gasteiger partial charge in [-0.25, -0.2) is 0 Å². The zero-order valence-corrected chi connectivity index (χ0v) is 11.1. The highest BCUT2D eigenvalue weighted by Crippen LogP contribution is 2.26. The van der Waals surface area contributed by atoms with Gasteiger partial charge in [0.2, 0.25) is 5.89 Å². The predicted octanol–water partition coefficient (Wildman–Crippen LogP) is 1.14. The molecular formula is C13H22N4O. The summed E-state index contributed by atoms with van der Waals surface area (Å²) < 4.78 is 5.11. The van der Waals surface area contributed by atoms with Crippen LogP contribution in [0.5, 0.6) is 0 Å². The van der Waals surface area contributed by atoms with Crippen LogP contribution < -0.4 is 5.32 Å². The summed E-state index contributed by atoms with van der Waals surface area (Å²) in [5, 5.41) is 7.44. The van der Waals surface area contributed by atoms with E-state index in [1.165, 1.54) is 38.8 Å². The van der Waals surface area contributed by atoms with E-state index >= 15 is 0 Å². The van der Waals surface area contributed by atoms with E-state index in [4.69, 9.17) is 4.52 Å². The van der Waals surface area contributed by atoms with Crippen molar-refractivity contribution in [3.8, 4) is 0 Å². The summed E-state index contributed by atoms with van der Waals surface area (Å²) in [4.78, 5) is 6.87. The molecule has 2 unspecified atom stereocenters. The maximum absolute atomic E-state index is 5.11. The highest BCUT2D eigenvalue weighted by Gasteiger charge is 2.31. The molecule has 0 amide bonds. The van der Waals surface area contributed by atoms with Gasteiger partial charge in [-0.1, -0.05) is 5.16 Å². The van der Waals surface area contributed by atoms with Gasteiger partial charge in [0.1, 0.15) is 0 Å². The van der Waals surface area contributed by atoms with Gasteiger partial charge in [0.15, 0.2) is 5.82 Å². The van der Waals surface area contributed by atoms with Crippen LogP contribution in [-0.2, 0) is 6.42 Å². The van der Waals surface area contributed by atoms with Crippen LogP contribution in [-0.4, -0.2) is 46.8 Å². The molecule has 2 saturated heterocycles. The molecule has 0 aromatic carbocycles. The Morgan fingerprint density at radius 3 is 3.17 bits per heavy atom. The first-order chi connectivity index (χ1) is 8.81. The summed E-state index contributed by atoms with van der Waals surface area (Å²) in [7, 11) is 0. The average molecular weight is 250 g/mol. The third-order valence-electron chi connectivity index (χ3n) is 4.16. The van der Waals surface area contributed by atoms with E-state index in [0.717, 1.165) is 30.7 Å². The van der Waals surface area contributed by atoms with Crippen LogP contribution in [0.15, 0.2) is 4.52 Å². The molecule has 0 radical (unpaired) electrons. The molecule has 18 heavy (non-hydrogen) atoms. The molecule has 5 heteroatoms. The molecule has 2 aliphatic heterocycles. The average Bonchev–Trinajstić information content (AvgIpc) is 2.97. The van der Waals surface area contributed by atoms with Crippen molar-refractivity contribution in [2.75, 3.05) is 19.6 Å². The topological polar surface area (TPSA) is 54.2 Å². The van der Waals surface area contributed by atoms with Gasteiger partial charge >= 0.3 is 0 Å². The van der Waals surface area contributed by atoms with Gasteiger partial charge in [-0.3, -0.25) is 0 Å². The number of rotatable bonds is 4. The number of nitrogens with one attached hydrogen (secondary N) is 1. The fraction of sp³-hybridized carbons (Fsp3) is 0.846.